The molecule has 0 bridgehead atoms. The van der Waals surface area contributed by atoms with Crippen molar-refractivity contribution in [2.75, 3.05) is 25.5 Å². The van der Waals surface area contributed by atoms with Crippen molar-refractivity contribution in [2.45, 2.75) is 38.6 Å². The molecule has 20 heavy (non-hydrogen) atoms. The smallest absolute Gasteiger partial charge is 0.195 e. The van der Waals surface area contributed by atoms with Crippen molar-refractivity contribution in [1.29, 1.82) is 0 Å². The van der Waals surface area contributed by atoms with Gasteiger partial charge < -0.3 is 14.6 Å². The maximum Gasteiger partial charge on any atom is 0.195 e. The van der Waals surface area contributed by atoms with Gasteiger partial charge in [-0.3, -0.25) is 0 Å². The summed E-state index contributed by atoms with van der Waals surface area (Å²) in [5.74, 6) is 0.813. The second-order valence-corrected chi connectivity index (χ2v) is 5.72. The van der Waals surface area contributed by atoms with E-state index < -0.39 is 0 Å². The molecule has 0 spiro atoms. The highest BCUT2D eigenvalue weighted by Crippen LogP contribution is 2.22. The zero-order chi connectivity index (χ0) is 13.9. The summed E-state index contributed by atoms with van der Waals surface area (Å²) >= 11 is 0. The van der Waals surface area contributed by atoms with E-state index in [9.17, 15) is 0 Å². The summed E-state index contributed by atoms with van der Waals surface area (Å²) in [5, 5.41) is 3.65. The number of oxazole rings is 1. The molecule has 0 radical (unpaired) electrons. The van der Waals surface area contributed by atoms with Crippen molar-refractivity contribution in [2.24, 2.45) is 0 Å². The molecular weight excluding hydrogens is 250 g/mol. The van der Waals surface area contributed by atoms with Gasteiger partial charge in [-0.2, -0.15) is 0 Å². The number of likely N-dealkylation sites (tertiary alicyclic amines) is 1. The number of hydrogen-bond donors (Lipinski definition) is 1. The average Bonchev–Trinajstić information content (AvgIpc) is 2.76. The molecule has 3 rings (SSSR count). The van der Waals surface area contributed by atoms with Gasteiger partial charge in [0.25, 0.3) is 0 Å². The quantitative estimate of drug-likeness (QED) is 0.931. The molecule has 108 valence electrons. The zero-order valence-electron chi connectivity index (χ0n) is 12.4. The molecule has 2 aromatic rings. The Bertz CT molecular complexity index is 578. The Morgan fingerprint density at radius 3 is 3.10 bits per heavy atom. The van der Waals surface area contributed by atoms with E-state index in [1.807, 2.05) is 6.07 Å². The highest BCUT2D eigenvalue weighted by Gasteiger charge is 2.15. The Morgan fingerprint density at radius 1 is 1.35 bits per heavy atom. The van der Waals surface area contributed by atoms with Gasteiger partial charge >= 0.3 is 0 Å². The highest BCUT2D eigenvalue weighted by molar-refractivity contribution is 5.77. The van der Waals surface area contributed by atoms with Crippen LogP contribution >= 0.6 is 0 Å². The Balaban J connectivity index is 1.73. The fraction of sp³-hybridized carbons (Fsp3) is 0.562. The van der Waals surface area contributed by atoms with Gasteiger partial charge in [0.1, 0.15) is 5.52 Å². The number of anilines is 1. The molecule has 1 N–H and O–H groups in total. The molecular formula is C16H23N3O. The largest absolute Gasteiger partial charge is 0.441 e. The van der Waals surface area contributed by atoms with Crippen LogP contribution in [-0.2, 0) is 6.42 Å². The van der Waals surface area contributed by atoms with E-state index in [0.717, 1.165) is 29.1 Å². The number of nitrogens with zero attached hydrogens (tertiary/aromatic N) is 2. The van der Waals surface area contributed by atoms with Crippen LogP contribution in [-0.4, -0.2) is 36.1 Å². The van der Waals surface area contributed by atoms with Gasteiger partial charge in [0, 0.05) is 18.2 Å². The van der Waals surface area contributed by atoms with Gasteiger partial charge in [-0.25, -0.2) is 4.98 Å². The SMILES string of the molecule is CCc1nc2cc(NC3CCCN(C)CC3)ccc2o1. The number of benzene rings is 1. The standard InChI is InChI=1S/C16H23N3O/c1-3-16-18-14-11-13(6-7-15(14)20-16)17-12-5-4-9-19(2)10-8-12/h6-7,11-12,17H,3-5,8-10H2,1-2H3. The number of rotatable bonds is 3. The van der Waals surface area contributed by atoms with E-state index in [2.05, 4.69) is 41.3 Å². The van der Waals surface area contributed by atoms with Crippen LogP contribution in [0.25, 0.3) is 11.1 Å². The van der Waals surface area contributed by atoms with E-state index >= 15 is 0 Å². The normalized spacial score (nSPS) is 21.0. The number of aromatic nitrogens is 1. The van der Waals surface area contributed by atoms with Crippen LogP contribution in [0.4, 0.5) is 5.69 Å². The predicted molar refractivity (Wildman–Crippen MR) is 82.1 cm³/mol. The first-order chi connectivity index (χ1) is 9.74. The number of nitrogens with one attached hydrogen (secondary N) is 1. The molecule has 2 heterocycles. The molecule has 1 aromatic heterocycles. The van der Waals surface area contributed by atoms with Crippen LogP contribution in [0.1, 0.15) is 32.1 Å². The summed E-state index contributed by atoms with van der Waals surface area (Å²) < 4.78 is 5.65. The van der Waals surface area contributed by atoms with Gasteiger partial charge in [-0.05, 0) is 57.6 Å². The van der Waals surface area contributed by atoms with Crippen molar-refractivity contribution in [1.82, 2.24) is 9.88 Å². The Labute approximate surface area is 120 Å². The minimum Gasteiger partial charge on any atom is -0.441 e. The average molecular weight is 273 g/mol. The molecule has 1 aliphatic heterocycles. The van der Waals surface area contributed by atoms with Gasteiger partial charge in [0.2, 0.25) is 0 Å². The Hall–Kier alpha value is -1.55. The third-order valence-electron chi connectivity index (χ3n) is 4.06. The van der Waals surface area contributed by atoms with Crippen LogP contribution in [0.2, 0.25) is 0 Å². The van der Waals surface area contributed by atoms with Crippen molar-refractivity contribution in [3.63, 3.8) is 0 Å². The highest BCUT2D eigenvalue weighted by atomic mass is 16.3. The lowest BCUT2D eigenvalue weighted by Gasteiger charge is -2.17. The summed E-state index contributed by atoms with van der Waals surface area (Å²) in [6, 6.07) is 6.79. The van der Waals surface area contributed by atoms with E-state index in [-0.39, 0.29) is 0 Å². The van der Waals surface area contributed by atoms with Gasteiger partial charge in [-0.1, -0.05) is 6.92 Å². The third kappa shape index (κ3) is 2.96. The summed E-state index contributed by atoms with van der Waals surface area (Å²) in [6.45, 7) is 4.44. The fourth-order valence-electron chi connectivity index (χ4n) is 2.84. The first kappa shape index (κ1) is 13.4. The molecule has 4 heteroatoms. The molecule has 1 aromatic carbocycles. The first-order valence-corrected chi connectivity index (χ1v) is 7.59. The summed E-state index contributed by atoms with van der Waals surface area (Å²) in [7, 11) is 2.20. The van der Waals surface area contributed by atoms with Crippen molar-refractivity contribution in [3.8, 4) is 0 Å². The molecule has 4 nitrogen and oxygen atoms in total. The van der Waals surface area contributed by atoms with Crippen LogP contribution in [0.15, 0.2) is 22.6 Å². The minimum atomic E-state index is 0.565. The van der Waals surface area contributed by atoms with Gasteiger partial charge in [0.05, 0.1) is 0 Å². The summed E-state index contributed by atoms with van der Waals surface area (Å²) in [5.41, 5.74) is 2.99. The minimum absolute atomic E-state index is 0.565. The second-order valence-electron chi connectivity index (χ2n) is 5.72. The van der Waals surface area contributed by atoms with Crippen molar-refractivity contribution >= 4 is 16.8 Å². The zero-order valence-corrected chi connectivity index (χ0v) is 12.4. The molecule has 1 aliphatic rings. The molecule has 1 saturated heterocycles. The molecule has 1 atom stereocenters. The van der Waals surface area contributed by atoms with Gasteiger partial charge in [-0.15, -0.1) is 0 Å². The molecule has 1 fully saturated rings. The predicted octanol–water partition coefficient (Wildman–Crippen LogP) is 3.29. The summed E-state index contributed by atoms with van der Waals surface area (Å²) in [6.07, 6.45) is 4.54. The lowest BCUT2D eigenvalue weighted by atomic mass is 10.1. The van der Waals surface area contributed by atoms with Gasteiger partial charge in [0.15, 0.2) is 11.5 Å². The first-order valence-electron chi connectivity index (χ1n) is 7.59. The monoisotopic (exact) mass is 273 g/mol. The maximum absolute atomic E-state index is 5.65. The van der Waals surface area contributed by atoms with E-state index in [1.165, 1.54) is 32.4 Å². The number of hydrogen-bond acceptors (Lipinski definition) is 4. The molecule has 0 amide bonds. The molecule has 0 aliphatic carbocycles. The van der Waals surface area contributed by atoms with E-state index in [4.69, 9.17) is 4.42 Å². The van der Waals surface area contributed by atoms with Crippen LogP contribution in [0.3, 0.4) is 0 Å². The maximum atomic E-state index is 5.65. The van der Waals surface area contributed by atoms with Crippen molar-refractivity contribution < 1.29 is 4.42 Å². The fourth-order valence-corrected chi connectivity index (χ4v) is 2.84. The van der Waals surface area contributed by atoms with Crippen LogP contribution in [0.5, 0.6) is 0 Å². The Morgan fingerprint density at radius 2 is 2.25 bits per heavy atom. The second kappa shape index (κ2) is 5.83. The number of aryl methyl sites for hydroxylation is 1. The Kier molecular flexibility index (Phi) is 3.92. The van der Waals surface area contributed by atoms with Crippen molar-refractivity contribution in [3.05, 3.63) is 24.1 Å². The lowest BCUT2D eigenvalue weighted by Crippen LogP contribution is -2.22. The molecule has 0 saturated carbocycles. The third-order valence-corrected chi connectivity index (χ3v) is 4.06. The van der Waals surface area contributed by atoms with Crippen LogP contribution in [0, 0.1) is 0 Å². The topological polar surface area (TPSA) is 41.3 Å². The summed E-state index contributed by atoms with van der Waals surface area (Å²) in [4.78, 5) is 6.91. The number of fused-ring (bicyclic) bond motifs is 1. The molecule has 1 unspecified atom stereocenters. The lowest BCUT2D eigenvalue weighted by molar-refractivity contribution is 0.348. The van der Waals surface area contributed by atoms with E-state index in [1.54, 1.807) is 0 Å². The van der Waals surface area contributed by atoms with E-state index in [0.29, 0.717) is 6.04 Å². The van der Waals surface area contributed by atoms with Crippen LogP contribution < -0.4 is 5.32 Å².